The van der Waals surface area contributed by atoms with Gasteiger partial charge >= 0.3 is 0 Å². The van der Waals surface area contributed by atoms with Crippen molar-refractivity contribution in [2.75, 3.05) is 0 Å². The number of aliphatic hydroxyl groups excluding tert-OH is 1. The quantitative estimate of drug-likeness (QED) is 0.629. The lowest BCUT2D eigenvalue weighted by atomic mass is 10.4. The van der Waals surface area contributed by atoms with Gasteiger partial charge in [-0.05, 0) is 0 Å². The molecule has 0 fully saturated rings. The highest BCUT2D eigenvalue weighted by Gasteiger charge is 2.02. The van der Waals surface area contributed by atoms with Gasteiger partial charge in [0.1, 0.15) is 11.5 Å². The van der Waals surface area contributed by atoms with Gasteiger partial charge in [-0.2, -0.15) is 0 Å². The molecule has 10 heavy (non-hydrogen) atoms. The third-order valence-electron chi connectivity index (χ3n) is 0.927. The van der Waals surface area contributed by atoms with E-state index in [1.165, 1.54) is 12.4 Å². The Morgan fingerprint density at radius 2 is 2.10 bits per heavy atom. The fourth-order valence-electron chi connectivity index (χ4n) is 0.515. The van der Waals surface area contributed by atoms with E-state index in [0.717, 1.165) is 0 Å². The summed E-state index contributed by atoms with van der Waals surface area (Å²) in [4.78, 5) is 7.42. The number of hydrogen-bond acceptors (Lipinski definition) is 3. The van der Waals surface area contributed by atoms with Crippen molar-refractivity contribution in [3.05, 3.63) is 29.8 Å². The SMILES string of the molecule is C=C(O)c1nccnc1Cl. The third-order valence-corrected chi connectivity index (χ3v) is 1.20. The molecule has 0 atom stereocenters. The van der Waals surface area contributed by atoms with Gasteiger partial charge in [-0.15, -0.1) is 0 Å². The lowest BCUT2D eigenvalue weighted by Crippen LogP contribution is -1.89. The first-order chi connectivity index (χ1) is 4.72. The van der Waals surface area contributed by atoms with E-state index in [1.54, 1.807) is 0 Å². The molecule has 0 aromatic carbocycles. The zero-order valence-electron chi connectivity index (χ0n) is 5.08. The molecule has 3 nitrogen and oxygen atoms in total. The van der Waals surface area contributed by atoms with Crippen molar-refractivity contribution in [1.82, 2.24) is 9.97 Å². The van der Waals surface area contributed by atoms with Crippen molar-refractivity contribution < 1.29 is 5.11 Å². The minimum absolute atomic E-state index is 0.162. The molecule has 0 bridgehead atoms. The van der Waals surface area contributed by atoms with E-state index in [2.05, 4.69) is 16.5 Å². The second-order valence-electron chi connectivity index (χ2n) is 1.64. The van der Waals surface area contributed by atoms with Gasteiger partial charge in [0, 0.05) is 12.4 Å². The summed E-state index contributed by atoms with van der Waals surface area (Å²) in [5, 5.41) is 8.99. The molecule has 0 unspecified atom stereocenters. The number of aliphatic hydroxyl groups is 1. The van der Waals surface area contributed by atoms with Crippen molar-refractivity contribution in [1.29, 1.82) is 0 Å². The molecule has 0 aliphatic rings. The molecule has 1 rings (SSSR count). The Balaban J connectivity index is 3.15. The highest BCUT2D eigenvalue weighted by molar-refractivity contribution is 6.30. The Kier molecular flexibility index (Phi) is 1.87. The summed E-state index contributed by atoms with van der Waals surface area (Å²) in [5.41, 5.74) is 0.226. The topological polar surface area (TPSA) is 46.0 Å². The molecule has 0 saturated carbocycles. The van der Waals surface area contributed by atoms with Crippen LogP contribution in [0.3, 0.4) is 0 Å². The van der Waals surface area contributed by atoms with E-state index in [0.29, 0.717) is 0 Å². The predicted molar refractivity (Wildman–Crippen MR) is 38.7 cm³/mol. The maximum atomic E-state index is 8.82. The molecule has 52 valence electrons. The van der Waals surface area contributed by atoms with Crippen LogP contribution in [0, 0.1) is 0 Å². The maximum Gasteiger partial charge on any atom is 0.158 e. The van der Waals surface area contributed by atoms with Crippen LogP contribution in [0.15, 0.2) is 19.0 Å². The first kappa shape index (κ1) is 7.02. The first-order valence-corrected chi connectivity index (χ1v) is 2.94. The highest BCUT2D eigenvalue weighted by atomic mass is 35.5. The van der Waals surface area contributed by atoms with Gasteiger partial charge in [-0.1, -0.05) is 18.2 Å². The second kappa shape index (κ2) is 2.66. The Labute approximate surface area is 63.0 Å². The summed E-state index contributed by atoms with van der Waals surface area (Å²) in [7, 11) is 0. The number of halogens is 1. The van der Waals surface area contributed by atoms with Crippen molar-refractivity contribution in [3.8, 4) is 0 Å². The molecule has 0 aliphatic heterocycles. The molecule has 4 heteroatoms. The predicted octanol–water partition coefficient (Wildman–Crippen LogP) is 1.66. The molecule has 0 radical (unpaired) electrons. The van der Waals surface area contributed by atoms with Gasteiger partial charge in [-0.3, -0.25) is 0 Å². The van der Waals surface area contributed by atoms with Gasteiger partial charge in [0.05, 0.1) is 0 Å². The van der Waals surface area contributed by atoms with Gasteiger partial charge in [-0.25, -0.2) is 9.97 Å². The molecule has 0 spiro atoms. The molecular formula is C6H5ClN2O. The van der Waals surface area contributed by atoms with Crippen LogP contribution < -0.4 is 0 Å². The molecule has 1 N–H and O–H groups in total. The molecule has 0 amide bonds. The molecule has 1 aromatic rings. The summed E-state index contributed by atoms with van der Waals surface area (Å²) in [6.07, 6.45) is 2.87. The maximum absolute atomic E-state index is 8.82. The van der Waals surface area contributed by atoms with Gasteiger partial charge in [0.2, 0.25) is 0 Å². The summed E-state index contributed by atoms with van der Waals surface area (Å²) < 4.78 is 0. The van der Waals surface area contributed by atoms with E-state index < -0.39 is 0 Å². The smallest absolute Gasteiger partial charge is 0.158 e. The summed E-state index contributed by atoms with van der Waals surface area (Å²) in [6, 6.07) is 0. The fraction of sp³-hybridized carbons (Fsp3) is 0. The normalized spacial score (nSPS) is 9.30. The average molecular weight is 157 g/mol. The summed E-state index contributed by atoms with van der Waals surface area (Å²) in [5.74, 6) is -0.168. The standard InChI is InChI=1S/C6H5ClN2O/c1-4(10)5-6(7)9-3-2-8-5/h2-3,10H,1H2. The number of rotatable bonds is 1. The van der Waals surface area contributed by atoms with E-state index in [-0.39, 0.29) is 16.6 Å². The van der Waals surface area contributed by atoms with Gasteiger partial charge in [0.25, 0.3) is 0 Å². The fourth-order valence-corrected chi connectivity index (χ4v) is 0.729. The van der Waals surface area contributed by atoms with Crippen LogP contribution in [0.4, 0.5) is 0 Å². The van der Waals surface area contributed by atoms with E-state index in [1.807, 2.05) is 0 Å². The zero-order valence-corrected chi connectivity index (χ0v) is 5.84. The van der Waals surface area contributed by atoms with Crippen molar-refractivity contribution in [3.63, 3.8) is 0 Å². The molecule has 1 aromatic heterocycles. The van der Waals surface area contributed by atoms with E-state index >= 15 is 0 Å². The lowest BCUT2D eigenvalue weighted by Gasteiger charge is -1.96. The minimum Gasteiger partial charge on any atom is -0.506 e. The van der Waals surface area contributed by atoms with Crippen molar-refractivity contribution in [2.45, 2.75) is 0 Å². The number of hydrogen-bond donors (Lipinski definition) is 1. The Bertz CT molecular complexity index is 262. The Morgan fingerprint density at radius 1 is 1.50 bits per heavy atom. The van der Waals surface area contributed by atoms with Gasteiger partial charge < -0.3 is 5.11 Å². The van der Waals surface area contributed by atoms with Crippen LogP contribution in [0.2, 0.25) is 5.15 Å². The van der Waals surface area contributed by atoms with Gasteiger partial charge in [0.15, 0.2) is 5.15 Å². The van der Waals surface area contributed by atoms with Crippen LogP contribution in [-0.4, -0.2) is 15.1 Å². The van der Waals surface area contributed by atoms with E-state index in [9.17, 15) is 0 Å². The molecule has 1 heterocycles. The monoisotopic (exact) mass is 156 g/mol. The van der Waals surface area contributed by atoms with Crippen molar-refractivity contribution >= 4 is 17.4 Å². The third kappa shape index (κ3) is 1.25. The van der Waals surface area contributed by atoms with E-state index in [4.69, 9.17) is 16.7 Å². The molecule has 0 aliphatic carbocycles. The Hall–Kier alpha value is -1.09. The van der Waals surface area contributed by atoms with Crippen LogP contribution in [0.5, 0.6) is 0 Å². The van der Waals surface area contributed by atoms with Crippen molar-refractivity contribution in [2.24, 2.45) is 0 Å². The zero-order chi connectivity index (χ0) is 7.56. The van der Waals surface area contributed by atoms with Crippen LogP contribution in [0.25, 0.3) is 5.76 Å². The Morgan fingerprint density at radius 3 is 2.50 bits per heavy atom. The first-order valence-electron chi connectivity index (χ1n) is 2.56. The highest BCUT2D eigenvalue weighted by Crippen LogP contribution is 2.13. The lowest BCUT2D eigenvalue weighted by molar-refractivity contribution is 0.510. The largest absolute Gasteiger partial charge is 0.506 e. The van der Waals surface area contributed by atoms with Crippen LogP contribution in [0.1, 0.15) is 5.69 Å². The number of aromatic nitrogens is 2. The number of nitrogens with zero attached hydrogens (tertiary/aromatic N) is 2. The molecular weight excluding hydrogens is 152 g/mol. The summed E-state index contributed by atoms with van der Waals surface area (Å²) >= 11 is 5.52. The average Bonchev–Trinajstić information content (AvgIpc) is 1.88. The van der Waals surface area contributed by atoms with Crippen LogP contribution >= 0.6 is 11.6 Å². The molecule has 0 saturated heterocycles. The summed E-state index contributed by atoms with van der Waals surface area (Å²) in [6.45, 7) is 3.25. The second-order valence-corrected chi connectivity index (χ2v) is 2.00. The van der Waals surface area contributed by atoms with Crippen LogP contribution in [-0.2, 0) is 0 Å². The minimum atomic E-state index is -0.168.